The predicted octanol–water partition coefficient (Wildman–Crippen LogP) is 3.77. The van der Waals surface area contributed by atoms with Crippen LogP contribution < -0.4 is 0 Å². The highest BCUT2D eigenvalue weighted by atomic mass is 32.2. The van der Waals surface area contributed by atoms with Gasteiger partial charge in [-0.2, -0.15) is 0 Å². The molecule has 3 rings (SSSR count). The fraction of sp³-hybridized carbons (Fsp3) is 0.167. The molecule has 0 amide bonds. The molecule has 0 atom stereocenters. The number of nitrogens with zero attached hydrogens (tertiary/aromatic N) is 3. The third kappa shape index (κ3) is 3.51. The van der Waals surface area contributed by atoms with Crippen LogP contribution in [0.15, 0.2) is 59.8 Å². The molecule has 0 bridgehead atoms. The summed E-state index contributed by atoms with van der Waals surface area (Å²) in [6.45, 7) is 1.89. The second kappa shape index (κ2) is 6.79. The average Bonchev–Trinajstić information content (AvgIpc) is 2.92. The van der Waals surface area contributed by atoms with Gasteiger partial charge in [-0.3, -0.25) is 4.79 Å². The van der Waals surface area contributed by atoms with Crippen molar-refractivity contribution in [1.29, 1.82) is 0 Å². The van der Waals surface area contributed by atoms with Gasteiger partial charge >= 0.3 is 0 Å². The number of carbonyl (C=O) groups is 1. The first-order valence-electron chi connectivity index (χ1n) is 7.32. The van der Waals surface area contributed by atoms with Gasteiger partial charge in [0.15, 0.2) is 10.9 Å². The van der Waals surface area contributed by atoms with E-state index in [-0.39, 0.29) is 5.78 Å². The number of benzene rings is 2. The monoisotopic (exact) mass is 323 g/mol. The molecule has 116 valence electrons. The summed E-state index contributed by atoms with van der Waals surface area (Å²) in [6, 6.07) is 17.9. The molecule has 5 heteroatoms. The minimum atomic E-state index is 0.0928. The van der Waals surface area contributed by atoms with E-state index in [1.54, 1.807) is 0 Å². The Hall–Kier alpha value is -2.40. The van der Waals surface area contributed by atoms with Gasteiger partial charge in [-0.1, -0.05) is 66.4 Å². The van der Waals surface area contributed by atoms with Gasteiger partial charge < -0.3 is 4.57 Å². The highest BCUT2D eigenvalue weighted by Crippen LogP contribution is 2.21. The Morgan fingerprint density at radius 2 is 1.65 bits per heavy atom. The summed E-state index contributed by atoms with van der Waals surface area (Å²) < 4.78 is 1.89. The summed E-state index contributed by atoms with van der Waals surface area (Å²) in [7, 11) is 1.90. The lowest BCUT2D eigenvalue weighted by Gasteiger charge is -2.04. The lowest BCUT2D eigenvalue weighted by molar-refractivity contribution is 0.102. The largest absolute Gasteiger partial charge is 0.309 e. The summed E-state index contributed by atoms with van der Waals surface area (Å²) in [5.74, 6) is 1.29. The average molecular weight is 323 g/mol. The Balaban J connectivity index is 1.67. The summed E-state index contributed by atoms with van der Waals surface area (Å²) in [5, 5.41) is 8.81. The second-order valence-electron chi connectivity index (χ2n) is 5.24. The van der Waals surface area contributed by atoms with E-state index < -0.39 is 0 Å². The fourth-order valence-electron chi connectivity index (χ4n) is 2.21. The SMILES string of the molecule is Cc1nnc(SCC(=O)c2ccc(-c3ccccc3)cc2)n1C. The fourth-order valence-corrected chi connectivity index (χ4v) is 3.06. The van der Waals surface area contributed by atoms with Gasteiger partial charge in [0.25, 0.3) is 0 Å². The topological polar surface area (TPSA) is 47.8 Å². The molecule has 0 aliphatic rings. The van der Waals surface area contributed by atoms with Gasteiger partial charge in [0, 0.05) is 12.6 Å². The molecular weight excluding hydrogens is 306 g/mol. The second-order valence-corrected chi connectivity index (χ2v) is 6.19. The molecule has 0 saturated carbocycles. The van der Waals surface area contributed by atoms with Crippen LogP contribution in [-0.4, -0.2) is 26.3 Å². The number of rotatable bonds is 5. The van der Waals surface area contributed by atoms with Crippen LogP contribution in [-0.2, 0) is 7.05 Å². The van der Waals surface area contributed by atoms with Crippen molar-refractivity contribution >= 4 is 17.5 Å². The molecule has 3 aromatic rings. The quantitative estimate of drug-likeness (QED) is 0.530. The molecule has 0 spiro atoms. The van der Waals surface area contributed by atoms with Crippen LogP contribution >= 0.6 is 11.8 Å². The zero-order chi connectivity index (χ0) is 16.2. The van der Waals surface area contributed by atoms with Gasteiger partial charge in [0.2, 0.25) is 0 Å². The summed E-state index contributed by atoms with van der Waals surface area (Å²) in [6.07, 6.45) is 0. The maximum absolute atomic E-state index is 12.3. The lowest BCUT2D eigenvalue weighted by atomic mass is 10.0. The first-order chi connectivity index (χ1) is 11.1. The van der Waals surface area contributed by atoms with Crippen molar-refractivity contribution in [2.24, 2.45) is 7.05 Å². The highest BCUT2D eigenvalue weighted by Gasteiger charge is 2.11. The molecule has 0 unspecified atom stereocenters. The number of Topliss-reactive ketones (excluding diaryl/α,β-unsaturated/α-hetero) is 1. The van der Waals surface area contributed by atoms with Crippen LogP contribution in [0.1, 0.15) is 16.2 Å². The smallest absolute Gasteiger partial charge is 0.191 e. The maximum Gasteiger partial charge on any atom is 0.191 e. The number of aryl methyl sites for hydroxylation is 1. The van der Waals surface area contributed by atoms with Gasteiger partial charge in [-0.05, 0) is 18.1 Å². The molecule has 2 aromatic carbocycles. The van der Waals surface area contributed by atoms with Crippen LogP contribution in [0.2, 0.25) is 0 Å². The van der Waals surface area contributed by atoms with Crippen LogP contribution in [0.3, 0.4) is 0 Å². The van der Waals surface area contributed by atoms with E-state index in [4.69, 9.17) is 0 Å². The Morgan fingerprint density at radius 3 is 2.26 bits per heavy atom. The van der Waals surface area contributed by atoms with Gasteiger partial charge in [-0.15, -0.1) is 10.2 Å². The van der Waals surface area contributed by atoms with Crippen LogP contribution in [0.4, 0.5) is 0 Å². The Labute approximate surface area is 139 Å². The first-order valence-corrected chi connectivity index (χ1v) is 8.31. The van der Waals surface area contributed by atoms with Gasteiger partial charge in [0.1, 0.15) is 5.82 Å². The lowest BCUT2D eigenvalue weighted by Crippen LogP contribution is -2.04. The summed E-state index contributed by atoms with van der Waals surface area (Å²) in [4.78, 5) is 12.3. The van der Waals surface area contributed by atoms with E-state index in [0.717, 1.165) is 27.7 Å². The van der Waals surface area contributed by atoms with E-state index in [1.165, 1.54) is 11.8 Å². The molecule has 23 heavy (non-hydrogen) atoms. The number of hydrogen-bond donors (Lipinski definition) is 0. The predicted molar refractivity (Wildman–Crippen MR) is 92.7 cm³/mol. The minimum Gasteiger partial charge on any atom is -0.309 e. The molecule has 1 heterocycles. The highest BCUT2D eigenvalue weighted by molar-refractivity contribution is 7.99. The molecule has 0 radical (unpaired) electrons. The number of carbonyl (C=O) groups excluding carboxylic acids is 1. The van der Waals surface area contributed by atoms with Crippen molar-refractivity contribution in [2.45, 2.75) is 12.1 Å². The van der Waals surface area contributed by atoms with Crippen molar-refractivity contribution in [2.75, 3.05) is 5.75 Å². The van der Waals surface area contributed by atoms with Crippen molar-refractivity contribution in [1.82, 2.24) is 14.8 Å². The van der Waals surface area contributed by atoms with Crippen molar-refractivity contribution in [3.8, 4) is 11.1 Å². The molecular formula is C18H17N3OS. The number of thioether (sulfide) groups is 1. The van der Waals surface area contributed by atoms with E-state index in [9.17, 15) is 4.79 Å². The van der Waals surface area contributed by atoms with Crippen molar-refractivity contribution in [3.63, 3.8) is 0 Å². The third-order valence-electron chi connectivity index (χ3n) is 3.70. The maximum atomic E-state index is 12.3. The van der Waals surface area contributed by atoms with Crippen molar-refractivity contribution < 1.29 is 4.79 Å². The van der Waals surface area contributed by atoms with E-state index in [1.807, 2.05) is 61.0 Å². The van der Waals surface area contributed by atoms with Crippen LogP contribution in [0.5, 0.6) is 0 Å². The van der Waals surface area contributed by atoms with Gasteiger partial charge in [0.05, 0.1) is 5.75 Å². The summed E-state index contributed by atoms with van der Waals surface area (Å²) >= 11 is 1.41. The molecule has 4 nitrogen and oxygen atoms in total. The first kappa shape index (κ1) is 15.5. The number of ketones is 1. The number of hydrogen-bond acceptors (Lipinski definition) is 4. The molecule has 0 N–H and O–H groups in total. The number of aromatic nitrogens is 3. The van der Waals surface area contributed by atoms with E-state index >= 15 is 0 Å². The molecule has 1 aromatic heterocycles. The molecule has 0 aliphatic heterocycles. The minimum absolute atomic E-state index is 0.0928. The van der Waals surface area contributed by atoms with Crippen molar-refractivity contribution in [3.05, 3.63) is 66.0 Å². The van der Waals surface area contributed by atoms with Crippen LogP contribution in [0, 0.1) is 6.92 Å². The molecule has 0 saturated heterocycles. The standard InChI is InChI=1S/C18H17N3OS/c1-13-19-20-18(21(13)2)23-12-17(22)16-10-8-15(9-11-16)14-6-4-3-5-7-14/h3-11H,12H2,1-2H3. The Kier molecular flexibility index (Phi) is 4.57. The van der Waals surface area contributed by atoms with Gasteiger partial charge in [-0.25, -0.2) is 0 Å². The third-order valence-corrected chi connectivity index (χ3v) is 4.72. The zero-order valence-electron chi connectivity index (χ0n) is 13.1. The normalized spacial score (nSPS) is 10.7. The molecule has 0 fully saturated rings. The Bertz CT molecular complexity index is 810. The van der Waals surface area contributed by atoms with E-state index in [2.05, 4.69) is 22.3 Å². The van der Waals surface area contributed by atoms with E-state index in [0.29, 0.717) is 5.75 Å². The Morgan fingerprint density at radius 1 is 1.00 bits per heavy atom. The zero-order valence-corrected chi connectivity index (χ0v) is 13.9. The molecule has 0 aliphatic carbocycles. The summed E-state index contributed by atoms with van der Waals surface area (Å²) in [5.41, 5.74) is 2.98. The van der Waals surface area contributed by atoms with Crippen LogP contribution in [0.25, 0.3) is 11.1 Å².